The van der Waals surface area contributed by atoms with Crippen LogP contribution in [0, 0.1) is 0 Å². The standard InChI is InChI=1S/C45H27N3/c1-2-10-30(11-3-1)47-39-17-6-4-12-31(39)37-26-28(19-22-42(37)47)29-20-23-43-38(27-29)32-13-5-7-18-40(32)48(43)41-24-21-36-44-33(14-8-15-35(41)44)34-16-9-25-46-45(34)36/h1-27H. The van der Waals surface area contributed by atoms with E-state index in [2.05, 4.69) is 161 Å². The summed E-state index contributed by atoms with van der Waals surface area (Å²) in [5.74, 6) is 0. The number of fused-ring (bicyclic) bond motifs is 9. The molecule has 11 rings (SSSR count). The summed E-state index contributed by atoms with van der Waals surface area (Å²) < 4.78 is 4.82. The van der Waals surface area contributed by atoms with Gasteiger partial charge in [-0.1, -0.05) is 97.1 Å². The Labute approximate surface area is 276 Å². The van der Waals surface area contributed by atoms with Crippen LogP contribution in [0.25, 0.3) is 99.3 Å². The minimum Gasteiger partial charge on any atom is -0.309 e. The number of nitrogens with zero attached hydrogens (tertiary/aromatic N) is 3. The molecule has 3 heteroatoms. The molecule has 0 N–H and O–H groups in total. The third kappa shape index (κ3) is 3.40. The lowest BCUT2D eigenvalue weighted by atomic mass is 10.0. The summed E-state index contributed by atoms with van der Waals surface area (Å²) in [4.78, 5) is 4.77. The maximum atomic E-state index is 4.77. The van der Waals surface area contributed by atoms with Crippen molar-refractivity contribution in [1.29, 1.82) is 0 Å². The van der Waals surface area contributed by atoms with Crippen LogP contribution in [0.5, 0.6) is 0 Å². The highest BCUT2D eigenvalue weighted by Crippen LogP contribution is 2.48. The van der Waals surface area contributed by atoms with Gasteiger partial charge in [0.2, 0.25) is 0 Å². The molecular weight excluding hydrogens is 583 g/mol. The van der Waals surface area contributed by atoms with E-state index in [0.29, 0.717) is 0 Å². The largest absolute Gasteiger partial charge is 0.309 e. The van der Waals surface area contributed by atoms with Gasteiger partial charge < -0.3 is 9.13 Å². The normalized spacial score (nSPS) is 12.2. The zero-order chi connectivity index (χ0) is 31.3. The second-order valence-corrected chi connectivity index (χ2v) is 12.8. The molecule has 0 fully saturated rings. The Morgan fingerprint density at radius 1 is 0.375 bits per heavy atom. The molecule has 3 heterocycles. The van der Waals surface area contributed by atoms with Crippen molar-refractivity contribution in [3.63, 3.8) is 0 Å². The van der Waals surface area contributed by atoms with Crippen molar-refractivity contribution >= 4 is 54.4 Å². The molecule has 0 unspecified atom stereocenters. The fourth-order valence-electron chi connectivity index (χ4n) is 8.27. The Morgan fingerprint density at radius 2 is 0.979 bits per heavy atom. The molecule has 7 aromatic carbocycles. The quantitative estimate of drug-likeness (QED) is 0.195. The molecule has 1 aliphatic rings. The lowest BCUT2D eigenvalue weighted by Gasteiger charge is -2.13. The molecule has 0 aliphatic heterocycles. The third-order valence-electron chi connectivity index (χ3n) is 10.3. The molecular formula is C45H27N3. The highest BCUT2D eigenvalue weighted by molar-refractivity contribution is 6.18. The second-order valence-electron chi connectivity index (χ2n) is 12.8. The lowest BCUT2D eigenvalue weighted by molar-refractivity contribution is 1.18. The van der Waals surface area contributed by atoms with Crippen molar-refractivity contribution < 1.29 is 0 Å². The van der Waals surface area contributed by atoms with Crippen LogP contribution in [0.1, 0.15) is 0 Å². The van der Waals surface area contributed by atoms with Crippen molar-refractivity contribution in [1.82, 2.24) is 14.1 Å². The summed E-state index contributed by atoms with van der Waals surface area (Å²) in [5, 5.41) is 7.56. The Hall–Kier alpha value is -6.45. The predicted molar refractivity (Wildman–Crippen MR) is 200 cm³/mol. The van der Waals surface area contributed by atoms with Gasteiger partial charge in [-0.25, -0.2) is 0 Å². The molecule has 3 nitrogen and oxygen atoms in total. The first-order valence-electron chi connectivity index (χ1n) is 16.5. The first-order chi connectivity index (χ1) is 23.8. The van der Waals surface area contributed by atoms with E-state index in [1.165, 1.54) is 93.6 Å². The molecule has 0 saturated carbocycles. The number of pyridine rings is 1. The molecule has 0 radical (unpaired) electrons. The average molecular weight is 610 g/mol. The van der Waals surface area contributed by atoms with Gasteiger partial charge in [-0.15, -0.1) is 0 Å². The van der Waals surface area contributed by atoms with Crippen molar-refractivity contribution in [2.24, 2.45) is 0 Å². The van der Waals surface area contributed by atoms with Gasteiger partial charge in [-0.2, -0.15) is 0 Å². The first-order valence-corrected chi connectivity index (χ1v) is 16.5. The van der Waals surface area contributed by atoms with Gasteiger partial charge in [-0.05, 0) is 77.4 Å². The Bertz CT molecular complexity index is 2910. The van der Waals surface area contributed by atoms with Crippen molar-refractivity contribution in [2.75, 3.05) is 0 Å². The zero-order valence-electron chi connectivity index (χ0n) is 25.9. The number of hydrogen-bond acceptors (Lipinski definition) is 1. The average Bonchev–Trinajstić information content (AvgIpc) is 3.78. The molecule has 0 bridgehead atoms. The Balaban J connectivity index is 1.13. The Kier molecular flexibility index (Phi) is 5.11. The van der Waals surface area contributed by atoms with E-state index in [-0.39, 0.29) is 0 Å². The van der Waals surface area contributed by atoms with E-state index < -0.39 is 0 Å². The zero-order valence-corrected chi connectivity index (χ0v) is 25.9. The smallest absolute Gasteiger partial charge is 0.0786 e. The molecule has 48 heavy (non-hydrogen) atoms. The molecule has 3 aromatic heterocycles. The van der Waals surface area contributed by atoms with Crippen LogP contribution in [0.4, 0.5) is 0 Å². The molecule has 0 saturated heterocycles. The van der Waals surface area contributed by atoms with Gasteiger partial charge in [0.25, 0.3) is 0 Å². The van der Waals surface area contributed by atoms with Crippen molar-refractivity contribution in [3.05, 3.63) is 164 Å². The molecule has 222 valence electrons. The van der Waals surface area contributed by atoms with Gasteiger partial charge in [-0.3, -0.25) is 4.98 Å². The second kappa shape index (κ2) is 9.54. The van der Waals surface area contributed by atoms with Crippen LogP contribution < -0.4 is 0 Å². The molecule has 1 aliphatic carbocycles. The van der Waals surface area contributed by atoms with Crippen LogP contribution in [-0.2, 0) is 0 Å². The number of para-hydroxylation sites is 3. The molecule has 0 spiro atoms. The fourth-order valence-corrected chi connectivity index (χ4v) is 8.27. The van der Waals surface area contributed by atoms with E-state index in [1.807, 2.05) is 12.3 Å². The van der Waals surface area contributed by atoms with Gasteiger partial charge in [0, 0.05) is 55.3 Å². The topological polar surface area (TPSA) is 22.8 Å². The van der Waals surface area contributed by atoms with Crippen LogP contribution in [0.2, 0.25) is 0 Å². The predicted octanol–water partition coefficient (Wildman–Crippen LogP) is 11.7. The van der Waals surface area contributed by atoms with Gasteiger partial charge in [0.15, 0.2) is 0 Å². The number of benzene rings is 7. The van der Waals surface area contributed by atoms with Crippen LogP contribution in [0.15, 0.2) is 164 Å². The van der Waals surface area contributed by atoms with Gasteiger partial charge in [0.05, 0.1) is 33.4 Å². The fraction of sp³-hybridized carbons (Fsp3) is 0. The molecule has 0 amide bonds. The van der Waals surface area contributed by atoms with E-state index >= 15 is 0 Å². The first kappa shape index (κ1) is 25.7. The lowest BCUT2D eigenvalue weighted by Crippen LogP contribution is -1.96. The van der Waals surface area contributed by atoms with Crippen LogP contribution >= 0.6 is 0 Å². The summed E-state index contributed by atoms with van der Waals surface area (Å²) in [6, 6.07) is 57.5. The van der Waals surface area contributed by atoms with E-state index in [4.69, 9.17) is 4.98 Å². The summed E-state index contributed by atoms with van der Waals surface area (Å²) in [6.45, 7) is 0. The maximum absolute atomic E-state index is 4.77. The highest BCUT2D eigenvalue weighted by Gasteiger charge is 2.24. The monoisotopic (exact) mass is 609 g/mol. The highest BCUT2D eigenvalue weighted by atomic mass is 15.0. The summed E-state index contributed by atoms with van der Waals surface area (Å²) >= 11 is 0. The van der Waals surface area contributed by atoms with Crippen molar-refractivity contribution in [3.8, 4) is 44.9 Å². The number of aromatic nitrogens is 3. The Morgan fingerprint density at radius 3 is 1.73 bits per heavy atom. The maximum Gasteiger partial charge on any atom is 0.0786 e. The van der Waals surface area contributed by atoms with Gasteiger partial charge >= 0.3 is 0 Å². The summed E-state index contributed by atoms with van der Waals surface area (Å²) in [7, 11) is 0. The molecule has 10 aromatic rings. The van der Waals surface area contributed by atoms with Crippen molar-refractivity contribution in [2.45, 2.75) is 0 Å². The van der Waals surface area contributed by atoms with Crippen LogP contribution in [-0.4, -0.2) is 14.1 Å². The summed E-state index contributed by atoms with van der Waals surface area (Å²) in [5.41, 5.74) is 14.4. The number of hydrogen-bond donors (Lipinski definition) is 0. The van der Waals surface area contributed by atoms with E-state index in [0.717, 1.165) is 5.69 Å². The van der Waals surface area contributed by atoms with E-state index in [9.17, 15) is 0 Å². The SMILES string of the molecule is c1ccc(-n2c3ccccc3c3cc(-c4ccc5c(c4)c4ccccc4n5-c4ccc5c6c(cccc46)-c4cccnc4-5)ccc32)cc1. The minimum absolute atomic E-state index is 1.07. The van der Waals surface area contributed by atoms with E-state index in [1.54, 1.807) is 0 Å². The molecule has 0 atom stereocenters. The summed E-state index contributed by atoms with van der Waals surface area (Å²) in [6.07, 6.45) is 1.90. The minimum atomic E-state index is 1.07. The van der Waals surface area contributed by atoms with Gasteiger partial charge in [0.1, 0.15) is 0 Å². The van der Waals surface area contributed by atoms with Crippen LogP contribution in [0.3, 0.4) is 0 Å². The third-order valence-corrected chi connectivity index (χ3v) is 10.3. The number of rotatable bonds is 3.